The largest absolute Gasteiger partial charge is 0.399 e. The number of oxime groups is 1. The first-order valence-electron chi connectivity index (χ1n) is 4.79. The molecule has 0 radical (unpaired) electrons. The van der Waals surface area contributed by atoms with E-state index in [9.17, 15) is 0 Å². The first kappa shape index (κ1) is 11.5. The van der Waals surface area contributed by atoms with Crippen LogP contribution >= 0.6 is 0 Å². The second kappa shape index (κ2) is 7.14. The van der Waals surface area contributed by atoms with Crippen molar-refractivity contribution in [2.24, 2.45) is 11.1 Å². The summed E-state index contributed by atoms with van der Waals surface area (Å²) in [5, 5.41) is 4.02. The van der Waals surface area contributed by atoms with Gasteiger partial charge in [-0.2, -0.15) is 0 Å². The van der Waals surface area contributed by atoms with E-state index in [1.807, 2.05) is 0 Å². The molecule has 0 saturated heterocycles. The van der Waals surface area contributed by atoms with Crippen molar-refractivity contribution in [1.82, 2.24) is 0 Å². The zero-order valence-electron chi connectivity index (χ0n) is 8.76. The Labute approximate surface area is 76.0 Å². The van der Waals surface area contributed by atoms with Crippen LogP contribution in [-0.2, 0) is 4.84 Å². The summed E-state index contributed by atoms with van der Waals surface area (Å²) in [6.07, 6.45) is 4.59. The smallest absolute Gasteiger partial charge is 0.106 e. The lowest BCUT2D eigenvalue weighted by molar-refractivity contribution is 0.211. The zero-order chi connectivity index (χ0) is 9.40. The quantitative estimate of drug-likeness (QED) is 0.444. The third-order valence-corrected chi connectivity index (χ3v) is 1.68. The van der Waals surface area contributed by atoms with Crippen molar-refractivity contribution in [3.63, 3.8) is 0 Å². The van der Waals surface area contributed by atoms with E-state index in [1.54, 1.807) is 7.11 Å². The SMILES string of the molecule is CCCC/C(CC(C)C)=N/OC. The highest BCUT2D eigenvalue weighted by Crippen LogP contribution is 2.07. The standard InChI is InChI=1S/C10H21NO/c1-5-6-7-10(11-12-4)8-9(2)3/h9H,5-8H2,1-4H3/b11-10-. The molecule has 72 valence electrons. The van der Waals surface area contributed by atoms with Gasteiger partial charge in [-0.25, -0.2) is 0 Å². The molecule has 0 spiro atoms. The molecule has 0 aliphatic heterocycles. The molecule has 0 aromatic carbocycles. The van der Waals surface area contributed by atoms with E-state index in [0.717, 1.165) is 12.8 Å². The van der Waals surface area contributed by atoms with E-state index in [4.69, 9.17) is 4.84 Å². The minimum atomic E-state index is 0.677. The van der Waals surface area contributed by atoms with Gasteiger partial charge in [0.1, 0.15) is 7.11 Å². The van der Waals surface area contributed by atoms with Crippen molar-refractivity contribution in [2.75, 3.05) is 7.11 Å². The molecule has 0 saturated carbocycles. The molecule has 0 heterocycles. The van der Waals surface area contributed by atoms with Crippen LogP contribution in [0.3, 0.4) is 0 Å². The van der Waals surface area contributed by atoms with E-state index in [1.165, 1.54) is 18.6 Å². The molecule has 0 aromatic heterocycles. The van der Waals surface area contributed by atoms with Crippen LogP contribution in [0.25, 0.3) is 0 Å². The molecule has 0 rings (SSSR count). The average molecular weight is 171 g/mol. The number of hydrogen-bond donors (Lipinski definition) is 0. The van der Waals surface area contributed by atoms with Gasteiger partial charge in [-0.3, -0.25) is 0 Å². The predicted octanol–water partition coefficient (Wildman–Crippen LogP) is 3.23. The summed E-state index contributed by atoms with van der Waals surface area (Å²) in [6.45, 7) is 6.61. The molecular weight excluding hydrogens is 150 g/mol. The lowest BCUT2D eigenvalue weighted by Crippen LogP contribution is -2.03. The van der Waals surface area contributed by atoms with Crippen molar-refractivity contribution in [2.45, 2.75) is 46.5 Å². The molecule has 2 nitrogen and oxygen atoms in total. The van der Waals surface area contributed by atoms with Crippen molar-refractivity contribution in [1.29, 1.82) is 0 Å². The van der Waals surface area contributed by atoms with E-state index >= 15 is 0 Å². The van der Waals surface area contributed by atoms with Gasteiger partial charge in [0, 0.05) is 0 Å². The summed E-state index contributed by atoms with van der Waals surface area (Å²) in [5.41, 5.74) is 1.20. The number of unbranched alkanes of at least 4 members (excludes halogenated alkanes) is 1. The normalized spacial score (nSPS) is 12.2. The van der Waals surface area contributed by atoms with Gasteiger partial charge >= 0.3 is 0 Å². The fourth-order valence-corrected chi connectivity index (χ4v) is 1.17. The molecule has 0 aliphatic rings. The third kappa shape index (κ3) is 6.20. The van der Waals surface area contributed by atoms with E-state index < -0.39 is 0 Å². The summed E-state index contributed by atoms with van der Waals surface area (Å²) in [4.78, 5) is 4.79. The maximum absolute atomic E-state index is 4.79. The van der Waals surface area contributed by atoms with E-state index in [0.29, 0.717) is 5.92 Å². The molecule has 0 atom stereocenters. The summed E-state index contributed by atoms with van der Waals surface area (Å²) >= 11 is 0. The van der Waals surface area contributed by atoms with Gasteiger partial charge in [0.25, 0.3) is 0 Å². The minimum absolute atomic E-state index is 0.677. The molecule has 0 aliphatic carbocycles. The molecule has 0 fully saturated rings. The van der Waals surface area contributed by atoms with Gasteiger partial charge < -0.3 is 4.84 Å². The van der Waals surface area contributed by atoms with Crippen LogP contribution in [0, 0.1) is 5.92 Å². The molecule has 0 unspecified atom stereocenters. The predicted molar refractivity (Wildman–Crippen MR) is 53.4 cm³/mol. The maximum Gasteiger partial charge on any atom is 0.106 e. The highest BCUT2D eigenvalue weighted by Gasteiger charge is 2.02. The van der Waals surface area contributed by atoms with Crippen molar-refractivity contribution in [3.05, 3.63) is 0 Å². The second-order valence-electron chi connectivity index (χ2n) is 3.54. The van der Waals surface area contributed by atoms with Crippen molar-refractivity contribution >= 4 is 5.71 Å². The number of hydrogen-bond acceptors (Lipinski definition) is 2. The van der Waals surface area contributed by atoms with Crippen molar-refractivity contribution < 1.29 is 4.84 Å². The van der Waals surface area contributed by atoms with Gasteiger partial charge in [-0.05, 0) is 25.2 Å². The highest BCUT2D eigenvalue weighted by atomic mass is 16.6. The summed E-state index contributed by atoms with van der Waals surface area (Å²) in [5.74, 6) is 0.677. The molecule has 0 N–H and O–H groups in total. The molecular formula is C10H21NO. The lowest BCUT2D eigenvalue weighted by atomic mass is 10.0. The summed E-state index contributed by atoms with van der Waals surface area (Å²) < 4.78 is 0. The van der Waals surface area contributed by atoms with Gasteiger partial charge in [-0.15, -0.1) is 0 Å². The first-order chi connectivity index (χ1) is 5.70. The fourth-order valence-electron chi connectivity index (χ4n) is 1.17. The average Bonchev–Trinajstić information content (AvgIpc) is 2.00. The monoisotopic (exact) mass is 171 g/mol. The van der Waals surface area contributed by atoms with Crippen LogP contribution in [0.2, 0.25) is 0 Å². The Hall–Kier alpha value is -0.530. The molecule has 12 heavy (non-hydrogen) atoms. The van der Waals surface area contributed by atoms with E-state index in [-0.39, 0.29) is 0 Å². The summed E-state index contributed by atoms with van der Waals surface area (Å²) in [6, 6.07) is 0. The van der Waals surface area contributed by atoms with Gasteiger partial charge in [-0.1, -0.05) is 32.3 Å². The second-order valence-corrected chi connectivity index (χ2v) is 3.54. The van der Waals surface area contributed by atoms with Crippen LogP contribution in [0.15, 0.2) is 5.16 Å². The number of nitrogens with zero attached hydrogens (tertiary/aromatic N) is 1. The van der Waals surface area contributed by atoms with Gasteiger partial charge in [0.2, 0.25) is 0 Å². The Bertz CT molecular complexity index is 130. The van der Waals surface area contributed by atoms with Crippen LogP contribution in [-0.4, -0.2) is 12.8 Å². The maximum atomic E-state index is 4.79. The van der Waals surface area contributed by atoms with Gasteiger partial charge in [0.15, 0.2) is 0 Å². The third-order valence-electron chi connectivity index (χ3n) is 1.68. The number of rotatable bonds is 6. The highest BCUT2D eigenvalue weighted by molar-refractivity contribution is 5.84. The Morgan fingerprint density at radius 1 is 1.42 bits per heavy atom. The Morgan fingerprint density at radius 2 is 2.08 bits per heavy atom. The molecule has 0 amide bonds. The topological polar surface area (TPSA) is 21.6 Å². The Kier molecular flexibility index (Phi) is 6.82. The van der Waals surface area contributed by atoms with Crippen molar-refractivity contribution in [3.8, 4) is 0 Å². The van der Waals surface area contributed by atoms with Crippen LogP contribution < -0.4 is 0 Å². The zero-order valence-corrected chi connectivity index (χ0v) is 8.76. The van der Waals surface area contributed by atoms with Crippen LogP contribution in [0.4, 0.5) is 0 Å². The van der Waals surface area contributed by atoms with E-state index in [2.05, 4.69) is 25.9 Å². The molecule has 0 aromatic rings. The Balaban J connectivity index is 3.78. The molecule has 0 bridgehead atoms. The Morgan fingerprint density at radius 3 is 2.50 bits per heavy atom. The first-order valence-corrected chi connectivity index (χ1v) is 4.79. The van der Waals surface area contributed by atoms with Crippen LogP contribution in [0.1, 0.15) is 46.5 Å². The van der Waals surface area contributed by atoms with Gasteiger partial charge in [0.05, 0.1) is 5.71 Å². The fraction of sp³-hybridized carbons (Fsp3) is 0.900. The lowest BCUT2D eigenvalue weighted by Gasteiger charge is -2.06. The minimum Gasteiger partial charge on any atom is -0.399 e. The summed E-state index contributed by atoms with van der Waals surface area (Å²) in [7, 11) is 1.62. The molecule has 2 heteroatoms. The van der Waals surface area contributed by atoms with Crippen LogP contribution in [0.5, 0.6) is 0 Å².